The summed E-state index contributed by atoms with van der Waals surface area (Å²) in [5.74, 6) is -0.558. The predicted octanol–water partition coefficient (Wildman–Crippen LogP) is 2.98. The second kappa shape index (κ2) is 9.33. The number of amides is 1. The van der Waals surface area contributed by atoms with Gasteiger partial charge in [0.05, 0.1) is 6.61 Å². The maximum atomic E-state index is 12.5. The smallest absolute Gasteiger partial charge is 0.332 e. The quantitative estimate of drug-likeness (QED) is 0.388. The number of esters is 1. The van der Waals surface area contributed by atoms with Gasteiger partial charge in [-0.15, -0.1) is 0 Å². The lowest BCUT2D eigenvalue weighted by molar-refractivity contribution is -0.189. The molecule has 1 heterocycles. The van der Waals surface area contributed by atoms with Crippen LogP contribution in [0.1, 0.15) is 24.5 Å². The average molecular weight is 367 g/mol. The van der Waals surface area contributed by atoms with Gasteiger partial charge in [-0.1, -0.05) is 60.7 Å². The molecule has 0 unspecified atom stereocenters. The molecule has 1 saturated heterocycles. The first kappa shape index (κ1) is 19.1. The van der Waals surface area contributed by atoms with Crippen LogP contribution in [0.15, 0.2) is 60.7 Å². The van der Waals surface area contributed by atoms with Gasteiger partial charge < -0.3 is 14.4 Å². The minimum atomic E-state index is -0.747. The summed E-state index contributed by atoms with van der Waals surface area (Å²) < 4.78 is 10.9. The number of nitrogens with zero attached hydrogens (tertiary/aromatic N) is 1. The van der Waals surface area contributed by atoms with Crippen molar-refractivity contribution in [2.24, 2.45) is 0 Å². The lowest BCUT2D eigenvalue weighted by atomic mass is 9.96. The molecule has 0 spiro atoms. The molecule has 1 aliphatic rings. The highest BCUT2D eigenvalue weighted by molar-refractivity contribution is 5.99. The van der Waals surface area contributed by atoms with Crippen LogP contribution >= 0.6 is 0 Å². The Morgan fingerprint density at radius 3 is 2.26 bits per heavy atom. The fourth-order valence-electron chi connectivity index (χ4n) is 3.25. The second-order valence-electron chi connectivity index (χ2n) is 6.53. The van der Waals surface area contributed by atoms with Crippen molar-refractivity contribution in [2.75, 3.05) is 13.2 Å². The fourth-order valence-corrected chi connectivity index (χ4v) is 3.25. The van der Waals surface area contributed by atoms with Gasteiger partial charge in [-0.05, 0) is 30.9 Å². The van der Waals surface area contributed by atoms with E-state index >= 15 is 0 Å². The normalized spacial score (nSPS) is 18.9. The minimum Gasteiger partial charge on any atom is -0.464 e. The van der Waals surface area contributed by atoms with Gasteiger partial charge in [0.25, 0.3) is 5.91 Å². The van der Waals surface area contributed by atoms with Crippen LogP contribution < -0.4 is 0 Å². The first-order valence-electron chi connectivity index (χ1n) is 9.37. The van der Waals surface area contributed by atoms with E-state index < -0.39 is 18.1 Å². The lowest BCUT2D eigenvalue weighted by Crippen LogP contribution is -2.68. The van der Waals surface area contributed by atoms with Gasteiger partial charge in [0.1, 0.15) is 0 Å². The largest absolute Gasteiger partial charge is 0.464 e. The van der Waals surface area contributed by atoms with Crippen LogP contribution in [0.4, 0.5) is 0 Å². The van der Waals surface area contributed by atoms with Crippen molar-refractivity contribution in [1.29, 1.82) is 0 Å². The van der Waals surface area contributed by atoms with E-state index in [0.29, 0.717) is 13.2 Å². The molecule has 0 radical (unpaired) electrons. The summed E-state index contributed by atoms with van der Waals surface area (Å²) in [7, 11) is 0. The first-order valence-corrected chi connectivity index (χ1v) is 9.37. The van der Waals surface area contributed by atoms with E-state index in [-0.39, 0.29) is 12.5 Å². The van der Waals surface area contributed by atoms with Crippen LogP contribution in [0.3, 0.4) is 0 Å². The topological polar surface area (TPSA) is 55.8 Å². The van der Waals surface area contributed by atoms with E-state index in [9.17, 15) is 9.59 Å². The molecule has 3 rings (SSSR count). The number of carbonyl (C=O) groups excluding carboxylic acids is 2. The maximum Gasteiger partial charge on any atom is 0.332 e. The fraction of sp³-hybridized carbons (Fsp3) is 0.364. The van der Waals surface area contributed by atoms with E-state index in [4.69, 9.17) is 9.47 Å². The zero-order valence-electron chi connectivity index (χ0n) is 15.5. The molecule has 0 aromatic heterocycles. The van der Waals surface area contributed by atoms with Gasteiger partial charge in [-0.2, -0.15) is 0 Å². The molecule has 0 N–H and O–H groups in total. The number of likely N-dealkylation sites (tertiary alicyclic amines) is 1. The molecule has 27 heavy (non-hydrogen) atoms. The molecule has 2 aromatic rings. The number of ether oxygens (including phenoxy) is 2. The summed E-state index contributed by atoms with van der Waals surface area (Å²) in [6.45, 7) is 2.85. The molecular formula is C22H25NO4. The van der Waals surface area contributed by atoms with Crippen molar-refractivity contribution in [3.8, 4) is 0 Å². The Labute approximate surface area is 159 Å². The summed E-state index contributed by atoms with van der Waals surface area (Å²) in [6.07, 6.45) is 0.922. The average Bonchev–Trinajstić information content (AvgIpc) is 2.70. The van der Waals surface area contributed by atoms with E-state index in [0.717, 1.165) is 18.4 Å². The Bertz CT molecular complexity index is 747. The Balaban J connectivity index is 1.56. The van der Waals surface area contributed by atoms with Gasteiger partial charge >= 0.3 is 5.97 Å². The zero-order chi connectivity index (χ0) is 19.1. The van der Waals surface area contributed by atoms with Crippen molar-refractivity contribution < 1.29 is 19.1 Å². The van der Waals surface area contributed by atoms with Crippen molar-refractivity contribution in [3.63, 3.8) is 0 Å². The number of carbonyl (C=O) groups is 2. The van der Waals surface area contributed by atoms with Crippen LogP contribution in [-0.2, 0) is 32.0 Å². The summed E-state index contributed by atoms with van der Waals surface area (Å²) in [5.41, 5.74) is 2.20. The molecule has 2 aromatic carbocycles. The Morgan fingerprint density at radius 1 is 1.00 bits per heavy atom. The van der Waals surface area contributed by atoms with Gasteiger partial charge in [0.15, 0.2) is 12.1 Å². The third kappa shape index (κ3) is 4.74. The van der Waals surface area contributed by atoms with Crippen molar-refractivity contribution >= 4 is 11.9 Å². The highest BCUT2D eigenvalue weighted by Gasteiger charge is 2.53. The number of rotatable bonds is 9. The third-order valence-corrected chi connectivity index (χ3v) is 4.62. The minimum absolute atomic E-state index is 0.156. The van der Waals surface area contributed by atoms with Crippen LogP contribution in [0.5, 0.6) is 0 Å². The second-order valence-corrected chi connectivity index (χ2v) is 6.53. The van der Waals surface area contributed by atoms with E-state index in [1.807, 2.05) is 48.5 Å². The van der Waals surface area contributed by atoms with Crippen molar-refractivity contribution in [3.05, 3.63) is 71.8 Å². The van der Waals surface area contributed by atoms with E-state index in [2.05, 4.69) is 12.1 Å². The molecule has 0 bridgehead atoms. The summed E-state index contributed by atoms with van der Waals surface area (Å²) in [6, 6.07) is 19.1. The van der Waals surface area contributed by atoms with Gasteiger partial charge in [-0.25, -0.2) is 4.79 Å². The monoisotopic (exact) mass is 367 g/mol. The molecule has 5 heteroatoms. The number of hydrogen-bond donors (Lipinski definition) is 0. The Hall–Kier alpha value is -2.66. The maximum absolute atomic E-state index is 12.5. The summed E-state index contributed by atoms with van der Waals surface area (Å²) in [4.78, 5) is 26.4. The highest BCUT2D eigenvalue weighted by Crippen LogP contribution is 2.27. The van der Waals surface area contributed by atoms with Crippen LogP contribution in [0.2, 0.25) is 0 Å². The van der Waals surface area contributed by atoms with E-state index in [1.54, 1.807) is 6.92 Å². The summed E-state index contributed by atoms with van der Waals surface area (Å²) >= 11 is 0. The molecule has 1 fully saturated rings. The Kier molecular flexibility index (Phi) is 6.60. The third-order valence-electron chi connectivity index (χ3n) is 4.62. The first-order chi connectivity index (χ1) is 13.2. The predicted molar refractivity (Wildman–Crippen MR) is 102 cm³/mol. The molecule has 2 atom stereocenters. The van der Waals surface area contributed by atoms with Crippen LogP contribution in [-0.4, -0.2) is 42.1 Å². The number of benzene rings is 2. The molecule has 0 aliphatic carbocycles. The molecule has 0 saturated carbocycles. The highest BCUT2D eigenvalue weighted by atomic mass is 16.5. The van der Waals surface area contributed by atoms with Crippen molar-refractivity contribution in [1.82, 2.24) is 4.90 Å². The van der Waals surface area contributed by atoms with Gasteiger partial charge in [0.2, 0.25) is 0 Å². The number of aryl methyl sites for hydroxylation is 1. The van der Waals surface area contributed by atoms with Crippen LogP contribution in [0.25, 0.3) is 0 Å². The molecular weight excluding hydrogens is 342 g/mol. The molecule has 5 nitrogen and oxygen atoms in total. The standard InChI is InChI=1S/C22H25NO4/c1-2-26-22(25)19-20(27-15-9-14-17-10-5-3-6-11-17)21(24)23(19)16-18-12-7-4-8-13-18/h3-8,10-13,19-20H,2,9,14-16H2,1H3/t19-,20-/m1/s1. The zero-order valence-corrected chi connectivity index (χ0v) is 15.5. The molecule has 1 aliphatic heterocycles. The van der Waals surface area contributed by atoms with Crippen molar-refractivity contribution in [2.45, 2.75) is 38.5 Å². The van der Waals surface area contributed by atoms with Crippen LogP contribution in [0, 0.1) is 0 Å². The molecule has 142 valence electrons. The SMILES string of the molecule is CCOC(=O)[C@H]1[C@@H](OCCCc2ccccc2)C(=O)N1Cc1ccccc1. The van der Waals surface area contributed by atoms with Gasteiger partial charge in [0, 0.05) is 13.2 Å². The summed E-state index contributed by atoms with van der Waals surface area (Å²) in [5, 5.41) is 0. The molecule has 1 amide bonds. The number of hydrogen-bond acceptors (Lipinski definition) is 4. The Morgan fingerprint density at radius 2 is 1.63 bits per heavy atom. The number of β-lactam (4-membered cyclic amide) rings is 1. The lowest BCUT2D eigenvalue weighted by Gasteiger charge is -2.44. The van der Waals surface area contributed by atoms with Gasteiger partial charge in [-0.3, -0.25) is 4.79 Å². The van der Waals surface area contributed by atoms with E-state index in [1.165, 1.54) is 10.5 Å².